The first-order valence-corrected chi connectivity index (χ1v) is 5.70. The molecule has 1 aliphatic rings. The molecule has 0 saturated carbocycles. The fourth-order valence-electron chi connectivity index (χ4n) is 1.88. The molecule has 0 aromatic carbocycles. The highest BCUT2D eigenvalue weighted by atomic mass is 16.5. The summed E-state index contributed by atoms with van der Waals surface area (Å²) in [5.41, 5.74) is 5.63. The fraction of sp³-hybridized carbons (Fsp3) is 0.909. The Hall–Kier alpha value is -0.610. The van der Waals surface area contributed by atoms with Gasteiger partial charge in [0.15, 0.2) is 0 Å². The molecule has 15 heavy (non-hydrogen) atoms. The average Bonchev–Trinajstić information content (AvgIpc) is 2.65. The maximum atomic E-state index is 11.7. The van der Waals surface area contributed by atoms with E-state index in [2.05, 4.69) is 0 Å². The van der Waals surface area contributed by atoms with Gasteiger partial charge in [-0.2, -0.15) is 0 Å². The summed E-state index contributed by atoms with van der Waals surface area (Å²) >= 11 is 0. The van der Waals surface area contributed by atoms with Crippen molar-refractivity contribution in [2.75, 3.05) is 20.2 Å². The largest absolute Gasteiger partial charge is 0.378 e. The quantitative estimate of drug-likeness (QED) is 0.735. The molecule has 2 atom stereocenters. The Morgan fingerprint density at radius 2 is 2.40 bits per heavy atom. The number of likely N-dealkylation sites (N-methyl/N-ethyl adjacent to an activating group) is 1. The molecule has 2 N–H and O–H groups in total. The number of nitrogens with zero attached hydrogens (tertiary/aromatic N) is 1. The lowest BCUT2D eigenvalue weighted by atomic mass is 10.1. The number of hydrogen-bond donors (Lipinski definition) is 1. The van der Waals surface area contributed by atoms with Crippen LogP contribution in [-0.2, 0) is 9.53 Å². The molecule has 0 aromatic rings. The summed E-state index contributed by atoms with van der Waals surface area (Å²) in [6.45, 7) is 3.39. The van der Waals surface area contributed by atoms with Crippen LogP contribution in [0.1, 0.15) is 32.6 Å². The van der Waals surface area contributed by atoms with Gasteiger partial charge < -0.3 is 15.4 Å². The van der Waals surface area contributed by atoms with Gasteiger partial charge in [-0.15, -0.1) is 0 Å². The van der Waals surface area contributed by atoms with E-state index in [0.29, 0.717) is 19.1 Å². The minimum absolute atomic E-state index is 0.0432. The van der Waals surface area contributed by atoms with Crippen molar-refractivity contribution in [1.82, 2.24) is 4.90 Å². The first-order valence-electron chi connectivity index (χ1n) is 5.70. The van der Waals surface area contributed by atoms with Crippen molar-refractivity contribution >= 4 is 5.91 Å². The molecule has 1 heterocycles. The summed E-state index contributed by atoms with van der Waals surface area (Å²) in [7, 11) is 1.81. The van der Waals surface area contributed by atoms with Crippen LogP contribution in [0.3, 0.4) is 0 Å². The first-order chi connectivity index (χ1) is 7.09. The molecule has 1 amide bonds. The topological polar surface area (TPSA) is 55.6 Å². The van der Waals surface area contributed by atoms with E-state index >= 15 is 0 Å². The van der Waals surface area contributed by atoms with Crippen LogP contribution in [0.2, 0.25) is 0 Å². The van der Waals surface area contributed by atoms with Crippen LogP contribution in [0, 0.1) is 0 Å². The molecule has 88 valence electrons. The predicted molar refractivity (Wildman–Crippen MR) is 59.5 cm³/mol. The van der Waals surface area contributed by atoms with E-state index in [4.69, 9.17) is 10.5 Å². The summed E-state index contributed by atoms with van der Waals surface area (Å²) in [5.74, 6) is 0.169. The van der Waals surface area contributed by atoms with Crippen molar-refractivity contribution < 1.29 is 9.53 Å². The Morgan fingerprint density at radius 3 is 2.93 bits per heavy atom. The van der Waals surface area contributed by atoms with Gasteiger partial charge in [-0.05, 0) is 26.2 Å². The summed E-state index contributed by atoms with van der Waals surface area (Å²) in [5, 5.41) is 0. The van der Waals surface area contributed by atoms with Gasteiger partial charge in [0.05, 0.1) is 6.10 Å². The zero-order valence-electron chi connectivity index (χ0n) is 9.74. The van der Waals surface area contributed by atoms with Crippen LogP contribution in [0.25, 0.3) is 0 Å². The van der Waals surface area contributed by atoms with Crippen LogP contribution in [0.4, 0.5) is 0 Å². The first kappa shape index (κ1) is 12.5. The molecule has 0 bridgehead atoms. The minimum atomic E-state index is 0.0432. The van der Waals surface area contributed by atoms with E-state index < -0.39 is 0 Å². The Kier molecular flexibility index (Phi) is 5.05. The SMILES string of the molecule is CC(N)CN(C)C(=O)CCC1CCCO1. The Morgan fingerprint density at radius 1 is 1.67 bits per heavy atom. The number of ether oxygens (including phenoxy) is 1. The van der Waals surface area contributed by atoms with Gasteiger partial charge in [0.2, 0.25) is 5.91 Å². The second-order valence-corrected chi connectivity index (χ2v) is 4.43. The highest BCUT2D eigenvalue weighted by molar-refractivity contribution is 5.75. The Labute approximate surface area is 91.8 Å². The molecule has 1 fully saturated rings. The minimum Gasteiger partial charge on any atom is -0.378 e. The number of nitrogens with two attached hydrogens (primary N) is 1. The zero-order chi connectivity index (χ0) is 11.3. The van der Waals surface area contributed by atoms with E-state index in [1.807, 2.05) is 6.92 Å². The van der Waals surface area contributed by atoms with Gasteiger partial charge in [0, 0.05) is 32.7 Å². The molecule has 0 aliphatic carbocycles. The van der Waals surface area contributed by atoms with Crippen LogP contribution in [-0.4, -0.2) is 43.2 Å². The zero-order valence-corrected chi connectivity index (χ0v) is 9.74. The van der Waals surface area contributed by atoms with Gasteiger partial charge in [-0.1, -0.05) is 0 Å². The Bertz CT molecular complexity index is 201. The lowest BCUT2D eigenvalue weighted by Crippen LogP contribution is -2.37. The number of carbonyl (C=O) groups is 1. The standard InChI is InChI=1S/C11H22N2O2/c1-9(12)8-13(2)11(14)6-5-10-4-3-7-15-10/h9-10H,3-8,12H2,1-2H3. The molecule has 4 nitrogen and oxygen atoms in total. The molecule has 1 saturated heterocycles. The lowest BCUT2D eigenvalue weighted by molar-refractivity contribution is -0.130. The molecule has 4 heteroatoms. The highest BCUT2D eigenvalue weighted by Crippen LogP contribution is 2.17. The van der Waals surface area contributed by atoms with Gasteiger partial charge >= 0.3 is 0 Å². The summed E-state index contributed by atoms with van der Waals surface area (Å²) < 4.78 is 5.47. The number of carbonyl (C=O) groups excluding carboxylic acids is 1. The highest BCUT2D eigenvalue weighted by Gasteiger charge is 2.18. The van der Waals surface area contributed by atoms with Crippen molar-refractivity contribution in [2.24, 2.45) is 5.73 Å². The van der Waals surface area contributed by atoms with Crippen LogP contribution < -0.4 is 5.73 Å². The molecule has 1 aliphatic heterocycles. The van der Waals surface area contributed by atoms with Crippen molar-refractivity contribution in [2.45, 2.75) is 44.8 Å². The van der Waals surface area contributed by atoms with Crippen molar-refractivity contribution in [3.63, 3.8) is 0 Å². The Balaban J connectivity index is 2.16. The molecule has 2 unspecified atom stereocenters. The van der Waals surface area contributed by atoms with Crippen molar-refractivity contribution in [3.8, 4) is 0 Å². The van der Waals surface area contributed by atoms with Crippen LogP contribution in [0.15, 0.2) is 0 Å². The van der Waals surface area contributed by atoms with Crippen molar-refractivity contribution in [3.05, 3.63) is 0 Å². The monoisotopic (exact) mass is 214 g/mol. The molecule has 0 aromatic heterocycles. The van der Waals surface area contributed by atoms with Gasteiger partial charge in [-0.3, -0.25) is 4.79 Å². The third kappa shape index (κ3) is 4.62. The lowest BCUT2D eigenvalue weighted by Gasteiger charge is -2.20. The second kappa shape index (κ2) is 6.08. The van der Waals surface area contributed by atoms with Crippen LogP contribution >= 0.6 is 0 Å². The van der Waals surface area contributed by atoms with Crippen molar-refractivity contribution in [1.29, 1.82) is 0 Å². The third-order valence-corrected chi connectivity index (χ3v) is 2.69. The van der Waals surface area contributed by atoms with E-state index in [1.54, 1.807) is 11.9 Å². The molecular weight excluding hydrogens is 192 g/mol. The van der Waals surface area contributed by atoms with Gasteiger partial charge in [0.1, 0.15) is 0 Å². The van der Waals surface area contributed by atoms with E-state index in [-0.39, 0.29) is 11.9 Å². The molecule has 0 radical (unpaired) electrons. The fourth-order valence-corrected chi connectivity index (χ4v) is 1.88. The number of amides is 1. The predicted octanol–water partition coefficient (Wildman–Crippen LogP) is 0.751. The van der Waals surface area contributed by atoms with Gasteiger partial charge in [0.25, 0.3) is 0 Å². The van der Waals surface area contributed by atoms with E-state index in [0.717, 1.165) is 25.9 Å². The normalized spacial score (nSPS) is 22.7. The third-order valence-electron chi connectivity index (χ3n) is 2.69. The van der Waals surface area contributed by atoms with E-state index in [9.17, 15) is 4.79 Å². The van der Waals surface area contributed by atoms with Crippen LogP contribution in [0.5, 0.6) is 0 Å². The number of rotatable bonds is 5. The molecule has 0 spiro atoms. The number of hydrogen-bond acceptors (Lipinski definition) is 3. The average molecular weight is 214 g/mol. The molecule has 1 rings (SSSR count). The maximum absolute atomic E-state index is 11.7. The summed E-state index contributed by atoms with van der Waals surface area (Å²) in [6.07, 6.45) is 3.96. The maximum Gasteiger partial charge on any atom is 0.222 e. The van der Waals surface area contributed by atoms with E-state index in [1.165, 1.54) is 0 Å². The smallest absolute Gasteiger partial charge is 0.222 e. The molecular formula is C11H22N2O2. The summed E-state index contributed by atoms with van der Waals surface area (Å²) in [4.78, 5) is 13.4. The van der Waals surface area contributed by atoms with Gasteiger partial charge in [-0.25, -0.2) is 0 Å². The summed E-state index contributed by atoms with van der Waals surface area (Å²) in [6, 6.07) is 0.0432. The second-order valence-electron chi connectivity index (χ2n) is 4.43.